The number of rotatable bonds is 5. The molecule has 0 radical (unpaired) electrons. The van der Waals surface area contributed by atoms with Gasteiger partial charge in [-0.05, 0) is 0 Å². The Kier molecular flexibility index (Phi) is 5.58. The van der Waals surface area contributed by atoms with E-state index in [0.717, 1.165) is 0 Å². The maximum atomic E-state index is 11.5. The van der Waals surface area contributed by atoms with Crippen molar-refractivity contribution in [3.05, 3.63) is 103 Å². The van der Waals surface area contributed by atoms with E-state index in [2.05, 4.69) is 95.8 Å². The molecule has 0 N–H and O–H groups in total. The second-order valence-electron chi connectivity index (χ2n) is 5.85. The van der Waals surface area contributed by atoms with Crippen molar-refractivity contribution < 1.29 is 4.79 Å². The number of hydrogen-bond donors (Lipinski definition) is 0. The van der Waals surface area contributed by atoms with Crippen molar-refractivity contribution in [3.8, 4) is 0 Å². The number of carbonyl (C=O) groups is 1. The van der Waals surface area contributed by atoms with Crippen LogP contribution in [-0.2, 0) is 4.79 Å². The Bertz CT molecular complexity index is 807. The van der Waals surface area contributed by atoms with Gasteiger partial charge in [-0.15, -0.1) is 0 Å². The van der Waals surface area contributed by atoms with Crippen LogP contribution in [0.15, 0.2) is 103 Å². The Morgan fingerprint density at radius 2 is 1.04 bits per heavy atom. The van der Waals surface area contributed by atoms with Gasteiger partial charge < -0.3 is 0 Å². The zero-order valence-electron chi connectivity index (χ0n) is 14.2. The van der Waals surface area contributed by atoms with Crippen molar-refractivity contribution in [2.24, 2.45) is 0 Å². The summed E-state index contributed by atoms with van der Waals surface area (Å²) in [6.45, 7) is 1.59. The third kappa shape index (κ3) is 3.78. The molecule has 0 spiro atoms. The van der Waals surface area contributed by atoms with Gasteiger partial charge in [0.1, 0.15) is 0 Å². The summed E-state index contributed by atoms with van der Waals surface area (Å²) in [7, 11) is 0. The summed E-state index contributed by atoms with van der Waals surface area (Å²) in [4.78, 5) is 13.7. The first-order valence-electron chi connectivity index (χ1n) is 8.32. The fraction of sp³-hybridized carbons (Fsp3) is 0.0435. The van der Waals surface area contributed by atoms with Gasteiger partial charge in [-0.3, -0.25) is 0 Å². The average molecular weight is 388 g/mol. The second-order valence-corrected chi connectivity index (χ2v) is 12.8. The van der Waals surface area contributed by atoms with Crippen LogP contribution >= 0.6 is 0 Å². The zero-order chi connectivity index (χ0) is 17.5. The van der Waals surface area contributed by atoms with Crippen LogP contribution in [0.3, 0.4) is 0 Å². The third-order valence-electron chi connectivity index (χ3n) is 4.13. The SMILES string of the molecule is CC(=O)/C=C/C=[As](c1ccccc1)(c1ccccc1)c1ccccc1. The van der Waals surface area contributed by atoms with Gasteiger partial charge in [0.25, 0.3) is 0 Å². The first-order chi connectivity index (χ1) is 12.2. The molecule has 25 heavy (non-hydrogen) atoms. The van der Waals surface area contributed by atoms with Crippen LogP contribution in [0, 0.1) is 0 Å². The molecule has 0 fully saturated rings. The topological polar surface area (TPSA) is 17.1 Å². The van der Waals surface area contributed by atoms with Crippen molar-refractivity contribution in [2.45, 2.75) is 6.92 Å². The molecule has 0 amide bonds. The normalized spacial score (nSPS) is 11.4. The van der Waals surface area contributed by atoms with E-state index in [9.17, 15) is 4.79 Å². The molecular formula is C23H21AsO. The fourth-order valence-corrected chi connectivity index (χ4v) is 10.7. The van der Waals surface area contributed by atoms with Crippen molar-refractivity contribution in [1.29, 1.82) is 0 Å². The number of carbonyl (C=O) groups excluding carboxylic acids is 1. The standard InChI is InChI=1S/C23H21AsO/c1-20(25)12-11-19-24(21-13-5-2-6-14-21,22-15-7-3-8-16-22)23-17-9-4-10-18-23/h2-19H,1H3/b12-11+. The summed E-state index contributed by atoms with van der Waals surface area (Å²) in [6, 6.07) is 32.0. The molecule has 3 aromatic carbocycles. The van der Waals surface area contributed by atoms with Gasteiger partial charge in [-0.1, -0.05) is 0 Å². The van der Waals surface area contributed by atoms with E-state index in [4.69, 9.17) is 0 Å². The van der Waals surface area contributed by atoms with Crippen molar-refractivity contribution >= 4 is 36.8 Å². The van der Waals surface area contributed by atoms with E-state index in [-0.39, 0.29) is 5.78 Å². The molecule has 0 unspecified atom stereocenters. The van der Waals surface area contributed by atoms with Crippen LogP contribution in [-0.4, -0.2) is 23.7 Å². The van der Waals surface area contributed by atoms with E-state index >= 15 is 0 Å². The van der Waals surface area contributed by atoms with Gasteiger partial charge in [0, 0.05) is 0 Å². The van der Waals surface area contributed by atoms with Gasteiger partial charge in [0.15, 0.2) is 0 Å². The van der Waals surface area contributed by atoms with E-state index < -0.39 is 13.1 Å². The van der Waals surface area contributed by atoms with Crippen LogP contribution in [0.5, 0.6) is 0 Å². The number of benzene rings is 3. The van der Waals surface area contributed by atoms with E-state index in [1.807, 2.05) is 6.08 Å². The summed E-state index contributed by atoms with van der Waals surface area (Å²) in [5.74, 6) is 0.0686. The molecular weight excluding hydrogens is 367 g/mol. The predicted molar refractivity (Wildman–Crippen MR) is 110 cm³/mol. The average Bonchev–Trinajstić information content (AvgIpc) is 2.67. The van der Waals surface area contributed by atoms with Gasteiger partial charge in [0.05, 0.1) is 0 Å². The van der Waals surface area contributed by atoms with Gasteiger partial charge in [-0.25, -0.2) is 0 Å². The van der Waals surface area contributed by atoms with Crippen molar-refractivity contribution in [2.75, 3.05) is 0 Å². The number of ketones is 1. The first kappa shape index (κ1) is 17.3. The van der Waals surface area contributed by atoms with E-state index in [1.54, 1.807) is 13.0 Å². The van der Waals surface area contributed by atoms with Crippen LogP contribution in [0.25, 0.3) is 0 Å². The van der Waals surface area contributed by atoms with Gasteiger partial charge in [0.2, 0.25) is 0 Å². The van der Waals surface area contributed by atoms with Crippen LogP contribution in [0.4, 0.5) is 0 Å². The summed E-state index contributed by atoms with van der Waals surface area (Å²) in [5.41, 5.74) is 0. The Morgan fingerprint density at radius 3 is 1.36 bits per heavy atom. The molecule has 124 valence electrons. The minimum atomic E-state index is -2.81. The minimum absolute atomic E-state index is 0.0686. The molecule has 0 heterocycles. The molecule has 0 aliphatic rings. The number of allylic oxidation sites excluding steroid dienone is 2. The summed E-state index contributed by atoms with van der Waals surface area (Å²) in [6.07, 6.45) is 3.60. The fourth-order valence-electron chi connectivity index (χ4n) is 3.00. The molecule has 3 rings (SSSR count). The first-order valence-corrected chi connectivity index (χ1v) is 12.2. The van der Waals surface area contributed by atoms with Crippen LogP contribution < -0.4 is 13.1 Å². The summed E-state index contributed by atoms with van der Waals surface area (Å²) < 4.78 is 4.02. The molecule has 0 saturated heterocycles. The predicted octanol–water partition coefficient (Wildman–Crippen LogP) is 2.69. The molecule has 0 saturated carbocycles. The molecule has 0 aliphatic heterocycles. The molecule has 2 heteroatoms. The summed E-state index contributed by atoms with van der Waals surface area (Å²) >= 11 is -2.81. The Labute approximate surface area is 151 Å². The molecule has 0 atom stereocenters. The van der Waals surface area contributed by atoms with E-state index in [0.29, 0.717) is 0 Å². The Hall–Kier alpha value is -2.50. The zero-order valence-corrected chi connectivity index (χ0v) is 16.1. The molecule has 1 nitrogen and oxygen atoms in total. The van der Waals surface area contributed by atoms with Crippen LogP contribution in [0.1, 0.15) is 6.92 Å². The van der Waals surface area contributed by atoms with E-state index in [1.165, 1.54) is 13.1 Å². The molecule has 0 bridgehead atoms. The quantitative estimate of drug-likeness (QED) is 0.485. The summed E-state index contributed by atoms with van der Waals surface area (Å²) in [5, 5.41) is 0. The molecule has 0 aromatic heterocycles. The maximum absolute atomic E-state index is 11.5. The van der Waals surface area contributed by atoms with Crippen molar-refractivity contribution in [1.82, 2.24) is 0 Å². The molecule has 3 aromatic rings. The monoisotopic (exact) mass is 388 g/mol. The van der Waals surface area contributed by atoms with Gasteiger partial charge >= 0.3 is 152 Å². The third-order valence-corrected chi connectivity index (χ3v) is 12.4. The van der Waals surface area contributed by atoms with Gasteiger partial charge in [-0.2, -0.15) is 0 Å². The van der Waals surface area contributed by atoms with Crippen LogP contribution in [0.2, 0.25) is 0 Å². The Morgan fingerprint density at radius 1 is 0.680 bits per heavy atom. The molecule has 0 aliphatic carbocycles. The Balaban J connectivity index is 2.38. The second kappa shape index (κ2) is 8.05. The van der Waals surface area contributed by atoms with Crippen molar-refractivity contribution in [3.63, 3.8) is 0 Å². The number of hydrogen-bond acceptors (Lipinski definition) is 1.